The van der Waals surface area contributed by atoms with Crippen molar-refractivity contribution in [2.24, 2.45) is 0 Å². The molecule has 2 aromatic rings. The van der Waals surface area contributed by atoms with Gasteiger partial charge in [0.25, 0.3) is 0 Å². The Bertz CT molecular complexity index is 500. The number of benzene rings is 2. The van der Waals surface area contributed by atoms with Crippen LogP contribution < -0.4 is 10.6 Å². The molecular formula is C18H22N2O. The molecule has 0 fully saturated rings. The molecule has 110 valence electrons. The molecule has 0 atom stereocenters. The van der Waals surface area contributed by atoms with Crippen LogP contribution in [0.3, 0.4) is 0 Å². The van der Waals surface area contributed by atoms with E-state index >= 15 is 0 Å². The van der Waals surface area contributed by atoms with Crippen molar-refractivity contribution in [3.05, 3.63) is 71.8 Å². The summed E-state index contributed by atoms with van der Waals surface area (Å²) in [4.78, 5) is 12.1. The Morgan fingerprint density at radius 3 is 1.90 bits per heavy atom. The topological polar surface area (TPSA) is 41.1 Å². The quantitative estimate of drug-likeness (QED) is 0.766. The van der Waals surface area contributed by atoms with Gasteiger partial charge in [0.05, 0.1) is 0 Å². The monoisotopic (exact) mass is 282 g/mol. The summed E-state index contributed by atoms with van der Waals surface area (Å²) >= 11 is 0. The van der Waals surface area contributed by atoms with Crippen LogP contribution in [-0.2, 0) is 4.79 Å². The number of carbonyl (C=O) groups is 1. The summed E-state index contributed by atoms with van der Waals surface area (Å²) in [5, 5.41) is 5.98. The lowest BCUT2D eigenvalue weighted by molar-refractivity contribution is -0.121. The summed E-state index contributed by atoms with van der Waals surface area (Å²) in [6, 6.07) is 20.4. The first-order valence-corrected chi connectivity index (χ1v) is 7.32. The first kappa shape index (κ1) is 15.3. The van der Waals surface area contributed by atoms with Crippen molar-refractivity contribution in [3.63, 3.8) is 0 Å². The lowest BCUT2D eigenvalue weighted by Crippen LogP contribution is -2.31. The fraction of sp³-hybridized carbons (Fsp3) is 0.278. The lowest BCUT2D eigenvalue weighted by atomic mass is 9.88. The molecule has 0 aromatic heterocycles. The third kappa shape index (κ3) is 4.72. The van der Waals surface area contributed by atoms with Gasteiger partial charge in [0.15, 0.2) is 0 Å². The van der Waals surface area contributed by atoms with E-state index in [1.165, 1.54) is 11.1 Å². The molecule has 0 radical (unpaired) electrons. The van der Waals surface area contributed by atoms with Crippen LogP contribution in [0, 0.1) is 0 Å². The molecule has 2 N–H and O–H groups in total. The van der Waals surface area contributed by atoms with Crippen molar-refractivity contribution in [3.8, 4) is 0 Å². The van der Waals surface area contributed by atoms with Crippen molar-refractivity contribution in [1.82, 2.24) is 10.6 Å². The summed E-state index contributed by atoms with van der Waals surface area (Å²) < 4.78 is 0. The predicted molar refractivity (Wildman–Crippen MR) is 86.3 cm³/mol. The largest absolute Gasteiger partial charge is 0.355 e. The fourth-order valence-corrected chi connectivity index (χ4v) is 2.38. The fourth-order valence-electron chi connectivity index (χ4n) is 2.38. The van der Waals surface area contributed by atoms with Crippen molar-refractivity contribution in [1.29, 1.82) is 0 Å². The number of carbonyl (C=O) groups excluding carboxylic acids is 1. The van der Waals surface area contributed by atoms with Gasteiger partial charge in [0.1, 0.15) is 0 Å². The maximum atomic E-state index is 12.1. The van der Waals surface area contributed by atoms with Gasteiger partial charge in [-0.2, -0.15) is 0 Å². The number of hydrogen-bond acceptors (Lipinski definition) is 2. The minimum Gasteiger partial charge on any atom is -0.355 e. The standard InChI is InChI=1S/C18H22N2O/c1-19-12-13-20-18(21)14-17(15-8-4-2-5-9-15)16-10-6-3-7-11-16/h2-11,17,19H,12-14H2,1H3,(H,20,21). The Morgan fingerprint density at radius 1 is 0.905 bits per heavy atom. The summed E-state index contributed by atoms with van der Waals surface area (Å²) in [5.41, 5.74) is 2.35. The SMILES string of the molecule is CNCCNC(=O)CC(c1ccccc1)c1ccccc1. The summed E-state index contributed by atoms with van der Waals surface area (Å²) in [6.45, 7) is 1.44. The van der Waals surface area contributed by atoms with Gasteiger partial charge in [0, 0.05) is 25.4 Å². The Morgan fingerprint density at radius 2 is 1.43 bits per heavy atom. The Kier molecular flexibility index (Phi) is 5.98. The highest BCUT2D eigenvalue weighted by molar-refractivity contribution is 5.77. The van der Waals surface area contributed by atoms with E-state index in [4.69, 9.17) is 0 Å². The second-order valence-electron chi connectivity index (χ2n) is 5.03. The minimum absolute atomic E-state index is 0.0861. The van der Waals surface area contributed by atoms with Gasteiger partial charge in [-0.1, -0.05) is 60.7 Å². The molecule has 0 bridgehead atoms. The first-order valence-electron chi connectivity index (χ1n) is 7.32. The van der Waals surface area contributed by atoms with Gasteiger partial charge in [-0.15, -0.1) is 0 Å². The van der Waals surface area contributed by atoms with E-state index in [1.807, 2.05) is 43.4 Å². The van der Waals surface area contributed by atoms with E-state index in [1.54, 1.807) is 0 Å². The highest BCUT2D eigenvalue weighted by Gasteiger charge is 2.17. The van der Waals surface area contributed by atoms with Crippen molar-refractivity contribution >= 4 is 5.91 Å². The zero-order valence-corrected chi connectivity index (χ0v) is 12.4. The van der Waals surface area contributed by atoms with Crippen molar-refractivity contribution < 1.29 is 4.79 Å². The van der Waals surface area contributed by atoms with Gasteiger partial charge in [-0.3, -0.25) is 4.79 Å². The van der Waals surface area contributed by atoms with Crippen LogP contribution >= 0.6 is 0 Å². The molecule has 0 aliphatic rings. The van der Waals surface area contributed by atoms with Crippen LogP contribution in [-0.4, -0.2) is 26.0 Å². The number of hydrogen-bond donors (Lipinski definition) is 2. The Labute approximate surface area is 126 Å². The van der Waals surface area contributed by atoms with Crippen LogP contribution in [0.4, 0.5) is 0 Å². The average molecular weight is 282 g/mol. The predicted octanol–water partition coefficient (Wildman–Crippen LogP) is 2.54. The van der Waals surface area contributed by atoms with Crippen LogP contribution in [0.15, 0.2) is 60.7 Å². The molecule has 0 saturated heterocycles. The van der Waals surface area contributed by atoms with Crippen molar-refractivity contribution in [2.75, 3.05) is 20.1 Å². The Hall–Kier alpha value is -2.13. The summed E-state index contributed by atoms with van der Waals surface area (Å²) in [7, 11) is 1.88. The molecule has 2 rings (SSSR count). The third-order valence-corrected chi connectivity index (χ3v) is 3.49. The number of nitrogens with one attached hydrogen (secondary N) is 2. The highest BCUT2D eigenvalue weighted by atomic mass is 16.1. The average Bonchev–Trinajstić information content (AvgIpc) is 2.54. The van der Waals surface area contributed by atoms with E-state index in [9.17, 15) is 4.79 Å². The van der Waals surface area contributed by atoms with Crippen LogP contribution in [0.5, 0.6) is 0 Å². The molecule has 0 spiro atoms. The van der Waals surface area contributed by atoms with E-state index in [2.05, 4.69) is 34.9 Å². The number of likely N-dealkylation sites (N-methyl/N-ethyl adjacent to an activating group) is 1. The smallest absolute Gasteiger partial charge is 0.220 e. The van der Waals surface area contributed by atoms with E-state index in [0.29, 0.717) is 13.0 Å². The molecule has 0 aliphatic carbocycles. The summed E-state index contributed by atoms with van der Waals surface area (Å²) in [6.07, 6.45) is 0.470. The Balaban J connectivity index is 2.12. The van der Waals surface area contributed by atoms with Gasteiger partial charge < -0.3 is 10.6 Å². The molecule has 0 saturated carbocycles. The maximum Gasteiger partial charge on any atom is 0.220 e. The lowest BCUT2D eigenvalue weighted by Gasteiger charge is -2.18. The van der Waals surface area contributed by atoms with E-state index in [-0.39, 0.29) is 11.8 Å². The number of rotatable bonds is 7. The highest BCUT2D eigenvalue weighted by Crippen LogP contribution is 2.27. The van der Waals surface area contributed by atoms with Crippen LogP contribution in [0.25, 0.3) is 0 Å². The van der Waals surface area contributed by atoms with E-state index in [0.717, 1.165) is 6.54 Å². The van der Waals surface area contributed by atoms with E-state index < -0.39 is 0 Å². The zero-order chi connectivity index (χ0) is 14.9. The second kappa shape index (κ2) is 8.22. The van der Waals surface area contributed by atoms with Gasteiger partial charge in [0.2, 0.25) is 5.91 Å². The molecule has 0 heterocycles. The summed E-state index contributed by atoms with van der Waals surface area (Å²) in [5.74, 6) is 0.185. The second-order valence-corrected chi connectivity index (χ2v) is 5.03. The molecule has 0 aliphatic heterocycles. The maximum absolute atomic E-state index is 12.1. The van der Waals surface area contributed by atoms with Gasteiger partial charge in [-0.05, 0) is 18.2 Å². The number of amides is 1. The normalized spacial score (nSPS) is 10.6. The van der Waals surface area contributed by atoms with Crippen LogP contribution in [0.1, 0.15) is 23.5 Å². The van der Waals surface area contributed by atoms with Crippen molar-refractivity contribution in [2.45, 2.75) is 12.3 Å². The van der Waals surface area contributed by atoms with Gasteiger partial charge in [-0.25, -0.2) is 0 Å². The first-order chi connectivity index (χ1) is 10.3. The van der Waals surface area contributed by atoms with Crippen LogP contribution in [0.2, 0.25) is 0 Å². The third-order valence-electron chi connectivity index (χ3n) is 3.49. The molecule has 3 heteroatoms. The molecule has 2 aromatic carbocycles. The molecule has 1 amide bonds. The molecule has 21 heavy (non-hydrogen) atoms. The molecular weight excluding hydrogens is 260 g/mol. The zero-order valence-electron chi connectivity index (χ0n) is 12.4. The molecule has 0 unspecified atom stereocenters. The van der Waals surface area contributed by atoms with Gasteiger partial charge >= 0.3 is 0 Å². The molecule has 3 nitrogen and oxygen atoms in total. The minimum atomic E-state index is 0.0861.